The van der Waals surface area contributed by atoms with E-state index in [0.29, 0.717) is 17.8 Å². The second-order valence-electron chi connectivity index (χ2n) is 4.16. The highest BCUT2D eigenvalue weighted by molar-refractivity contribution is 5.52. The Morgan fingerprint density at radius 1 is 1.06 bits per heavy atom. The largest absolute Gasteiger partial charge is 0.399 e. The van der Waals surface area contributed by atoms with E-state index >= 15 is 0 Å². The normalized spacial score (nSPS) is 10.4. The van der Waals surface area contributed by atoms with Crippen LogP contribution in [0.3, 0.4) is 0 Å². The number of hydrogen-bond acceptors (Lipinski definition) is 2. The lowest BCUT2D eigenvalue weighted by atomic mass is 10.2. The van der Waals surface area contributed by atoms with Crippen molar-refractivity contribution in [3.63, 3.8) is 0 Å². The third kappa shape index (κ3) is 2.59. The number of benzene rings is 2. The standard InChI is InChI=1S/C14H14F2N2/c1-18(12-7-5-11(17)6-8-12)9-10-3-2-4-13(15)14(10)16/h2-8H,9,17H2,1H3. The Bertz CT molecular complexity index is 538. The fourth-order valence-electron chi connectivity index (χ4n) is 1.75. The van der Waals surface area contributed by atoms with E-state index in [0.717, 1.165) is 11.8 Å². The SMILES string of the molecule is CN(Cc1cccc(F)c1F)c1ccc(N)cc1. The molecular formula is C14H14F2N2. The molecule has 4 heteroatoms. The van der Waals surface area contributed by atoms with Gasteiger partial charge in [0.2, 0.25) is 0 Å². The Kier molecular flexibility index (Phi) is 3.46. The Labute approximate surface area is 105 Å². The highest BCUT2D eigenvalue weighted by Gasteiger charge is 2.10. The van der Waals surface area contributed by atoms with Gasteiger partial charge in [-0.05, 0) is 30.3 Å². The van der Waals surface area contributed by atoms with Crippen LogP contribution in [0.25, 0.3) is 0 Å². The summed E-state index contributed by atoms with van der Waals surface area (Å²) in [7, 11) is 1.82. The summed E-state index contributed by atoms with van der Waals surface area (Å²) in [5, 5.41) is 0. The first kappa shape index (κ1) is 12.4. The molecule has 0 aliphatic heterocycles. The van der Waals surface area contributed by atoms with Gasteiger partial charge in [-0.2, -0.15) is 0 Å². The van der Waals surface area contributed by atoms with Crippen LogP contribution < -0.4 is 10.6 Å². The molecule has 0 spiro atoms. The molecule has 2 aromatic rings. The van der Waals surface area contributed by atoms with Crippen LogP contribution in [0.15, 0.2) is 42.5 Å². The summed E-state index contributed by atoms with van der Waals surface area (Å²) in [5.74, 6) is -1.61. The van der Waals surface area contributed by atoms with Crippen molar-refractivity contribution in [1.29, 1.82) is 0 Å². The third-order valence-corrected chi connectivity index (χ3v) is 2.77. The Balaban J connectivity index is 2.18. The molecule has 0 bridgehead atoms. The first-order chi connectivity index (χ1) is 8.58. The zero-order chi connectivity index (χ0) is 13.1. The number of halogens is 2. The molecule has 0 saturated heterocycles. The minimum Gasteiger partial charge on any atom is -0.399 e. The van der Waals surface area contributed by atoms with Crippen LogP contribution in [-0.4, -0.2) is 7.05 Å². The average Bonchev–Trinajstić information content (AvgIpc) is 2.36. The lowest BCUT2D eigenvalue weighted by molar-refractivity contribution is 0.498. The Morgan fingerprint density at radius 3 is 2.39 bits per heavy atom. The fraction of sp³-hybridized carbons (Fsp3) is 0.143. The molecule has 2 aromatic carbocycles. The van der Waals surface area contributed by atoms with Crippen LogP contribution in [0.1, 0.15) is 5.56 Å². The van der Waals surface area contributed by atoms with E-state index in [1.807, 2.05) is 24.1 Å². The molecule has 94 valence electrons. The lowest BCUT2D eigenvalue weighted by Crippen LogP contribution is -2.17. The van der Waals surface area contributed by atoms with E-state index in [2.05, 4.69) is 0 Å². The molecule has 2 N–H and O–H groups in total. The highest BCUT2D eigenvalue weighted by atomic mass is 19.2. The monoisotopic (exact) mass is 248 g/mol. The van der Waals surface area contributed by atoms with Crippen LogP contribution in [0, 0.1) is 11.6 Å². The smallest absolute Gasteiger partial charge is 0.163 e. The molecule has 0 atom stereocenters. The number of anilines is 2. The van der Waals surface area contributed by atoms with Crippen LogP contribution in [0.5, 0.6) is 0 Å². The molecule has 0 amide bonds. The summed E-state index contributed by atoms with van der Waals surface area (Å²) < 4.78 is 26.6. The molecule has 0 heterocycles. The zero-order valence-corrected chi connectivity index (χ0v) is 10.0. The van der Waals surface area contributed by atoms with Crippen LogP contribution >= 0.6 is 0 Å². The predicted octanol–water partition coefficient (Wildman–Crippen LogP) is 3.18. The first-order valence-electron chi connectivity index (χ1n) is 5.57. The average molecular weight is 248 g/mol. The fourth-order valence-corrected chi connectivity index (χ4v) is 1.75. The van der Waals surface area contributed by atoms with E-state index in [1.54, 1.807) is 18.2 Å². The molecule has 0 aromatic heterocycles. The molecule has 0 aliphatic rings. The summed E-state index contributed by atoms with van der Waals surface area (Å²) >= 11 is 0. The van der Waals surface area contributed by atoms with Crippen LogP contribution in [0.4, 0.5) is 20.2 Å². The topological polar surface area (TPSA) is 29.3 Å². The van der Waals surface area contributed by atoms with Crippen molar-refractivity contribution >= 4 is 11.4 Å². The summed E-state index contributed by atoms with van der Waals surface area (Å²) in [6, 6.07) is 11.4. The molecule has 18 heavy (non-hydrogen) atoms. The molecule has 0 unspecified atom stereocenters. The summed E-state index contributed by atoms with van der Waals surface area (Å²) in [4.78, 5) is 1.83. The maximum absolute atomic E-state index is 13.5. The second kappa shape index (κ2) is 5.04. The number of hydrogen-bond donors (Lipinski definition) is 1. The van der Waals surface area contributed by atoms with Crippen molar-refractivity contribution in [2.45, 2.75) is 6.54 Å². The molecule has 2 nitrogen and oxygen atoms in total. The number of rotatable bonds is 3. The second-order valence-corrected chi connectivity index (χ2v) is 4.16. The Morgan fingerprint density at radius 2 is 1.72 bits per heavy atom. The van der Waals surface area contributed by atoms with E-state index in [9.17, 15) is 8.78 Å². The minimum atomic E-state index is -0.821. The van der Waals surface area contributed by atoms with Gasteiger partial charge in [0.25, 0.3) is 0 Å². The summed E-state index contributed by atoms with van der Waals surface area (Å²) in [5.41, 5.74) is 7.49. The van der Waals surface area contributed by atoms with Gasteiger partial charge >= 0.3 is 0 Å². The number of nitrogen functional groups attached to an aromatic ring is 1. The van der Waals surface area contributed by atoms with Crippen molar-refractivity contribution < 1.29 is 8.78 Å². The van der Waals surface area contributed by atoms with E-state index in [4.69, 9.17) is 5.73 Å². The van der Waals surface area contributed by atoms with Gasteiger partial charge in [0, 0.05) is 30.5 Å². The van der Waals surface area contributed by atoms with Crippen molar-refractivity contribution in [3.8, 4) is 0 Å². The molecule has 0 aliphatic carbocycles. The first-order valence-corrected chi connectivity index (χ1v) is 5.57. The number of nitrogens with zero attached hydrogens (tertiary/aromatic N) is 1. The molecule has 2 rings (SSSR count). The van der Waals surface area contributed by atoms with Crippen molar-refractivity contribution in [1.82, 2.24) is 0 Å². The van der Waals surface area contributed by atoms with Gasteiger partial charge in [0.05, 0.1) is 0 Å². The maximum Gasteiger partial charge on any atom is 0.163 e. The van der Waals surface area contributed by atoms with Gasteiger partial charge in [0.1, 0.15) is 0 Å². The lowest BCUT2D eigenvalue weighted by Gasteiger charge is -2.20. The van der Waals surface area contributed by atoms with Gasteiger partial charge < -0.3 is 10.6 Å². The predicted molar refractivity (Wildman–Crippen MR) is 69.3 cm³/mol. The van der Waals surface area contributed by atoms with Crippen LogP contribution in [0.2, 0.25) is 0 Å². The maximum atomic E-state index is 13.5. The van der Waals surface area contributed by atoms with E-state index in [1.165, 1.54) is 6.07 Å². The van der Waals surface area contributed by atoms with Gasteiger partial charge in [0.15, 0.2) is 11.6 Å². The number of nitrogens with two attached hydrogens (primary N) is 1. The van der Waals surface area contributed by atoms with Crippen molar-refractivity contribution in [3.05, 3.63) is 59.7 Å². The van der Waals surface area contributed by atoms with Crippen LogP contribution in [-0.2, 0) is 6.54 Å². The van der Waals surface area contributed by atoms with Crippen molar-refractivity contribution in [2.24, 2.45) is 0 Å². The van der Waals surface area contributed by atoms with Gasteiger partial charge in [-0.25, -0.2) is 8.78 Å². The Hall–Kier alpha value is -2.10. The molecule has 0 fully saturated rings. The van der Waals surface area contributed by atoms with Gasteiger partial charge in [-0.15, -0.1) is 0 Å². The molecule has 0 saturated carbocycles. The van der Waals surface area contributed by atoms with E-state index in [-0.39, 0.29) is 0 Å². The van der Waals surface area contributed by atoms with Crippen molar-refractivity contribution in [2.75, 3.05) is 17.7 Å². The summed E-state index contributed by atoms with van der Waals surface area (Å²) in [6.07, 6.45) is 0. The van der Waals surface area contributed by atoms with E-state index < -0.39 is 11.6 Å². The van der Waals surface area contributed by atoms with Gasteiger partial charge in [-0.3, -0.25) is 0 Å². The molecular weight excluding hydrogens is 234 g/mol. The van der Waals surface area contributed by atoms with Gasteiger partial charge in [-0.1, -0.05) is 12.1 Å². The highest BCUT2D eigenvalue weighted by Crippen LogP contribution is 2.19. The minimum absolute atomic E-state index is 0.299. The zero-order valence-electron chi connectivity index (χ0n) is 10.0. The quantitative estimate of drug-likeness (QED) is 0.845. The third-order valence-electron chi connectivity index (χ3n) is 2.77. The summed E-state index contributed by atoms with van der Waals surface area (Å²) in [6.45, 7) is 0.299. The molecule has 0 radical (unpaired) electrons.